The molecule has 0 saturated heterocycles. The van der Waals surface area contributed by atoms with E-state index in [1.54, 1.807) is 7.11 Å². The Hall–Kier alpha value is -2.33. The van der Waals surface area contributed by atoms with Crippen LogP contribution in [-0.2, 0) is 24.3 Å². The van der Waals surface area contributed by atoms with Crippen LogP contribution in [0.15, 0.2) is 48.5 Å². The fourth-order valence-corrected chi connectivity index (χ4v) is 2.56. The van der Waals surface area contributed by atoms with E-state index in [1.807, 2.05) is 36.4 Å². The summed E-state index contributed by atoms with van der Waals surface area (Å²) in [6, 6.07) is 15.9. The van der Waals surface area contributed by atoms with Crippen molar-refractivity contribution in [1.29, 1.82) is 0 Å². The molecule has 2 N–H and O–H groups in total. The molecule has 0 bridgehead atoms. The van der Waals surface area contributed by atoms with Gasteiger partial charge in [-0.2, -0.15) is 0 Å². The van der Waals surface area contributed by atoms with Crippen molar-refractivity contribution in [3.8, 4) is 5.75 Å². The van der Waals surface area contributed by atoms with Crippen molar-refractivity contribution >= 4 is 5.91 Å². The normalized spacial score (nSPS) is 10.6. The van der Waals surface area contributed by atoms with Crippen LogP contribution in [0.25, 0.3) is 0 Å². The number of quaternary nitrogens is 1. The van der Waals surface area contributed by atoms with Crippen molar-refractivity contribution in [1.82, 2.24) is 5.32 Å². The Bertz CT molecular complexity index is 653. The van der Waals surface area contributed by atoms with E-state index in [1.165, 1.54) is 16.0 Å². The van der Waals surface area contributed by atoms with Crippen molar-refractivity contribution in [3.05, 3.63) is 65.2 Å². The van der Waals surface area contributed by atoms with Gasteiger partial charge in [0.25, 0.3) is 0 Å². The van der Waals surface area contributed by atoms with Gasteiger partial charge >= 0.3 is 0 Å². The second-order valence-electron chi connectivity index (χ2n) is 5.92. The molecule has 0 aliphatic rings. The number of carbonyl (C=O) groups excluding carboxylic acids is 1. The lowest BCUT2D eigenvalue weighted by atomic mass is 10.1. The summed E-state index contributed by atoms with van der Waals surface area (Å²) in [5.74, 6) is 0.751. The van der Waals surface area contributed by atoms with Crippen LogP contribution in [0.4, 0.5) is 0 Å². The second-order valence-corrected chi connectivity index (χ2v) is 5.92. The highest BCUT2D eigenvalue weighted by Crippen LogP contribution is 2.17. The van der Waals surface area contributed by atoms with E-state index in [0.29, 0.717) is 13.0 Å². The topological polar surface area (TPSA) is 42.8 Å². The Morgan fingerprint density at radius 3 is 2.26 bits per heavy atom. The summed E-state index contributed by atoms with van der Waals surface area (Å²) in [6.45, 7) is 1.50. The van der Waals surface area contributed by atoms with Gasteiger partial charge < -0.3 is 15.0 Å². The third-order valence-corrected chi connectivity index (χ3v) is 3.68. The molecule has 122 valence electrons. The summed E-state index contributed by atoms with van der Waals surface area (Å²) >= 11 is 0. The van der Waals surface area contributed by atoms with Crippen molar-refractivity contribution in [2.24, 2.45) is 0 Å². The Morgan fingerprint density at radius 2 is 1.61 bits per heavy atom. The second kappa shape index (κ2) is 8.34. The highest BCUT2D eigenvalue weighted by molar-refractivity contribution is 5.79. The molecule has 4 heteroatoms. The van der Waals surface area contributed by atoms with E-state index in [4.69, 9.17) is 4.74 Å². The number of hydrogen-bond donors (Lipinski definition) is 2. The third kappa shape index (κ3) is 5.11. The maximum Gasteiger partial charge on any atom is 0.224 e. The highest BCUT2D eigenvalue weighted by atomic mass is 16.5. The number of nitrogens with one attached hydrogen (secondary N) is 2. The van der Waals surface area contributed by atoms with Gasteiger partial charge in [0.05, 0.1) is 27.6 Å². The van der Waals surface area contributed by atoms with Gasteiger partial charge in [0.1, 0.15) is 12.3 Å². The summed E-state index contributed by atoms with van der Waals surface area (Å²) in [5, 5.41) is 3.01. The largest absolute Gasteiger partial charge is 0.496 e. The zero-order valence-electron chi connectivity index (χ0n) is 14.1. The highest BCUT2D eigenvalue weighted by Gasteiger charge is 2.10. The van der Waals surface area contributed by atoms with Gasteiger partial charge in [-0.25, -0.2) is 0 Å². The van der Waals surface area contributed by atoms with E-state index in [9.17, 15) is 4.79 Å². The van der Waals surface area contributed by atoms with Gasteiger partial charge in [0.15, 0.2) is 0 Å². The molecular weight excluding hydrogens is 288 g/mol. The van der Waals surface area contributed by atoms with Crippen LogP contribution in [0.5, 0.6) is 5.75 Å². The fraction of sp³-hybridized carbons (Fsp3) is 0.316. The van der Waals surface area contributed by atoms with Gasteiger partial charge in [0, 0.05) is 17.7 Å². The van der Waals surface area contributed by atoms with Gasteiger partial charge in [0.2, 0.25) is 5.91 Å². The van der Waals surface area contributed by atoms with Crippen LogP contribution in [0.2, 0.25) is 0 Å². The smallest absolute Gasteiger partial charge is 0.224 e. The Morgan fingerprint density at radius 1 is 1.00 bits per heavy atom. The van der Waals surface area contributed by atoms with E-state index in [2.05, 4.69) is 31.5 Å². The van der Waals surface area contributed by atoms with Crippen molar-refractivity contribution < 1.29 is 14.4 Å². The van der Waals surface area contributed by atoms with Crippen molar-refractivity contribution in [3.63, 3.8) is 0 Å². The molecule has 0 aromatic heterocycles. The first-order chi connectivity index (χ1) is 11.1. The number of carbonyl (C=O) groups is 1. The lowest BCUT2D eigenvalue weighted by Crippen LogP contribution is -3.04. The number of methoxy groups -OCH3 is 1. The van der Waals surface area contributed by atoms with Crippen LogP contribution in [0.1, 0.15) is 16.7 Å². The van der Waals surface area contributed by atoms with Crippen LogP contribution in [0, 0.1) is 0 Å². The minimum absolute atomic E-state index is 0.00139. The van der Waals surface area contributed by atoms with Gasteiger partial charge in [-0.05, 0) is 11.6 Å². The predicted molar refractivity (Wildman–Crippen MR) is 91.5 cm³/mol. The maximum atomic E-state index is 12.2. The Balaban J connectivity index is 1.97. The third-order valence-electron chi connectivity index (χ3n) is 3.68. The first-order valence-electron chi connectivity index (χ1n) is 7.84. The molecule has 4 nitrogen and oxygen atoms in total. The van der Waals surface area contributed by atoms with E-state index < -0.39 is 0 Å². The zero-order valence-corrected chi connectivity index (χ0v) is 14.1. The van der Waals surface area contributed by atoms with Gasteiger partial charge in [-0.1, -0.05) is 42.5 Å². The summed E-state index contributed by atoms with van der Waals surface area (Å²) in [4.78, 5) is 13.6. The minimum atomic E-state index is 0.00139. The molecule has 1 amide bonds. The lowest BCUT2D eigenvalue weighted by molar-refractivity contribution is -0.872. The average Bonchev–Trinajstić information content (AvgIpc) is 2.54. The van der Waals surface area contributed by atoms with E-state index >= 15 is 0 Å². The van der Waals surface area contributed by atoms with Crippen molar-refractivity contribution in [2.75, 3.05) is 21.2 Å². The Labute approximate surface area is 138 Å². The molecule has 0 unspecified atom stereocenters. The molecule has 0 aliphatic heterocycles. The van der Waals surface area contributed by atoms with E-state index in [0.717, 1.165) is 17.9 Å². The monoisotopic (exact) mass is 313 g/mol. The molecule has 2 rings (SSSR count). The minimum Gasteiger partial charge on any atom is -0.496 e. The zero-order chi connectivity index (χ0) is 16.7. The van der Waals surface area contributed by atoms with Crippen LogP contribution in [0.3, 0.4) is 0 Å². The van der Waals surface area contributed by atoms with Crippen LogP contribution in [-0.4, -0.2) is 27.1 Å². The van der Waals surface area contributed by atoms with Crippen molar-refractivity contribution in [2.45, 2.75) is 19.5 Å². The number of hydrogen-bond acceptors (Lipinski definition) is 2. The lowest BCUT2D eigenvalue weighted by Gasteiger charge is -2.13. The predicted octanol–water partition coefficient (Wildman–Crippen LogP) is 1.20. The summed E-state index contributed by atoms with van der Waals surface area (Å²) in [6.07, 6.45) is 0.325. The molecule has 0 aliphatic carbocycles. The van der Waals surface area contributed by atoms with Crippen LogP contribution < -0.4 is 15.0 Å². The van der Waals surface area contributed by atoms with Crippen LogP contribution >= 0.6 is 0 Å². The summed E-state index contributed by atoms with van der Waals surface area (Å²) < 4.78 is 5.29. The Kier molecular flexibility index (Phi) is 6.18. The maximum absolute atomic E-state index is 12.2. The molecule has 0 heterocycles. The standard InChI is InChI=1S/C19H24N2O2/c1-21(2)14-17-10-5-4-9-16(17)13-20-19(22)12-15-8-6-7-11-18(15)23-3/h4-11H,12-14H2,1-3H3,(H,20,22)/p+1. The van der Waals surface area contributed by atoms with E-state index in [-0.39, 0.29) is 5.91 Å². The number of para-hydroxylation sites is 1. The number of ether oxygens (including phenoxy) is 1. The summed E-state index contributed by atoms with van der Waals surface area (Å²) in [5.41, 5.74) is 3.34. The molecule has 0 saturated carbocycles. The first-order valence-corrected chi connectivity index (χ1v) is 7.84. The average molecular weight is 313 g/mol. The number of amides is 1. The van der Waals surface area contributed by atoms with Gasteiger partial charge in [-0.15, -0.1) is 0 Å². The fourth-order valence-electron chi connectivity index (χ4n) is 2.56. The molecule has 0 spiro atoms. The number of benzene rings is 2. The molecule has 2 aromatic carbocycles. The molecule has 2 aromatic rings. The first kappa shape index (κ1) is 17.0. The quantitative estimate of drug-likeness (QED) is 0.807. The SMILES string of the molecule is COc1ccccc1CC(=O)NCc1ccccc1C[NH+](C)C. The summed E-state index contributed by atoms with van der Waals surface area (Å²) in [7, 11) is 5.87. The molecule has 23 heavy (non-hydrogen) atoms. The van der Waals surface area contributed by atoms with Gasteiger partial charge in [-0.3, -0.25) is 4.79 Å². The molecule has 0 radical (unpaired) electrons. The number of rotatable bonds is 7. The molecule has 0 atom stereocenters. The molecular formula is C19H25N2O2+. The molecule has 0 fully saturated rings.